The molecule has 0 heterocycles. The number of hydrogen-bond acceptors (Lipinski definition) is 3. The molecule has 0 aliphatic rings. The summed E-state index contributed by atoms with van der Waals surface area (Å²) in [6.45, 7) is 4.35. The third-order valence-corrected chi connectivity index (χ3v) is 14.2. The number of rotatable bonds is 56. The van der Waals surface area contributed by atoms with E-state index in [2.05, 4.69) is 31.3 Å². The van der Waals surface area contributed by atoms with Gasteiger partial charge in [-0.25, -0.2) is 0 Å². The summed E-state index contributed by atoms with van der Waals surface area (Å²) in [7, 11) is 0. The number of carbonyl (C=O) groups is 1. The van der Waals surface area contributed by atoms with Crippen LogP contribution in [0.3, 0.4) is 0 Å². The Hall–Kier alpha value is -1.13. The first kappa shape index (κ1) is 63.9. The summed E-state index contributed by atoms with van der Waals surface area (Å²) in [5, 5.41) is 23.2. The predicted molar refractivity (Wildman–Crippen MR) is 290 cm³/mol. The molecule has 1 amide bonds. The van der Waals surface area contributed by atoms with Crippen LogP contribution < -0.4 is 5.32 Å². The van der Waals surface area contributed by atoms with E-state index in [-0.39, 0.29) is 12.5 Å². The lowest BCUT2D eigenvalue weighted by Crippen LogP contribution is -2.45. The third kappa shape index (κ3) is 53.7. The Kier molecular flexibility index (Phi) is 56.2. The second kappa shape index (κ2) is 57.2. The SMILES string of the molecule is CCCCCCCCCCCCCC/C=C\CCCCCCCCCCCCCCCCCCCC(=O)NC(CO)C(O)/C=C/CCCCCCCCCCCCCCCCCCCC. The van der Waals surface area contributed by atoms with Gasteiger partial charge in [0, 0.05) is 6.42 Å². The van der Waals surface area contributed by atoms with Crippen LogP contribution in [0.1, 0.15) is 341 Å². The largest absolute Gasteiger partial charge is 0.394 e. The minimum absolute atomic E-state index is 0.0570. The average molecular weight is 915 g/mol. The van der Waals surface area contributed by atoms with Crippen LogP contribution in [-0.4, -0.2) is 34.9 Å². The molecule has 65 heavy (non-hydrogen) atoms. The lowest BCUT2D eigenvalue weighted by molar-refractivity contribution is -0.123. The van der Waals surface area contributed by atoms with Crippen LogP contribution in [0.15, 0.2) is 24.3 Å². The number of nitrogens with one attached hydrogen (secondary N) is 1. The van der Waals surface area contributed by atoms with Gasteiger partial charge in [0.15, 0.2) is 0 Å². The zero-order chi connectivity index (χ0) is 47.0. The van der Waals surface area contributed by atoms with Crippen molar-refractivity contribution in [2.24, 2.45) is 0 Å². The van der Waals surface area contributed by atoms with Gasteiger partial charge in [-0.2, -0.15) is 0 Å². The fourth-order valence-corrected chi connectivity index (χ4v) is 9.59. The van der Waals surface area contributed by atoms with E-state index >= 15 is 0 Å². The molecule has 0 fully saturated rings. The van der Waals surface area contributed by atoms with Crippen molar-refractivity contribution in [3.8, 4) is 0 Å². The molecule has 2 atom stereocenters. The van der Waals surface area contributed by atoms with E-state index in [1.54, 1.807) is 6.08 Å². The molecule has 2 unspecified atom stereocenters. The number of unbranched alkanes of at least 4 members (excludes halogenated alkanes) is 47. The standard InChI is InChI=1S/C61H119NO3/c1-3-5-7-9-11-13-15-17-19-21-23-25-26-27-28-29-30-31-32-33-34-35-36-37-39-41-43-45-47-49-51-53-55-57-61(65)62-59(58-63)60(64)56-54-52-50-48-46-44-42-40-38-24-22-20-18-16-14-12-10-8-6-4-2/h27-28,54,56,59-60,63-64H,3-26,29-53,55,57-58H2,1-2H3,(H,62,65)/b28-27-,56-54+. The number of carbonyl (C=O) groups excluding carboxylic acids is 1. The van der Waals surface area contributed by atoms with Crippen molar-refractivity contribution in [2.75, 3.05) is 6.61 Å². The Morgan fingerprint density at radius 3 is 0.846 bits per heavy atom. The molecule has 0 aliphatic carbocycles. The first-order chi connectivity index (χ1) is 32.2. The molecule has 0 rings (SSSR count). The molecule has 0 radical (unpaired) electrons. The number of aliphatic hydroxyl groups excluding tert-OH is 2. The van der Waals surface area contributed by atoms with E-state index in [0.717, 1.165) is 25.7 Å². The summed E-state index contributed by atoms with van der Waals surface area (Å²) in [4.78, 5) is 12.5. The first-order valence-corrected chi connectivity index (χ1v) is 30.1. The molecular weight excluding hydrogens is 795 g/mol. The summed E-state index contributed by atoms with van der Waals surface area (Å²) in [5.74, 6) is -0.0570. The van der Waals surface area contributed by atoms with Gasteiger partial charge in [0.1, 0.15) is 0 Å². The first-order valence-electron chi connectivity index (χ1n) is 30.1. The predicted octanol–water partition coefficient (Wildman–Crippen LogP) is 19.9. The van der Waals surface area contributed by atoms with Crippen molar-refractivity contribution in [3.05, 3.63) is 24.3 Å². The van der Waals surface area contributed by atoms with Crippen molar-refractivity contribution >= 4 is 5.91 Å². The smallest absolute Gasteiger partial charge is 0.220 e. The van der Waals surface area contributed by atoms with E-state index in [9.17, 15) is 15.0 Å². The van der Waals surface area contributed by atoms with Crippen molar-refractivity contribution in [3.63, 3.8) is 0 Å². The van der Waals surface area contributed by atoms with Crippen LogP contribution in [-0.2, 0) is 4.79 Å². The van der Waals surface area contributed by atoms with Gasteiger partial charge in [0.05, 0.1) is 18.8 Å². The summed E-state index contributed by atoms with van der Waals surface area (Å²) in [6.07, 6.45) is 76.5. The van der Waals surface area contributed by atoms with Crippen molar-refractivity contribution in [1.29, 1.82) is 0 Å². The van der Waals surface area contributed by atoms with Crippen molar-refractivity contribution < 1.29 is 15.0 Å². The van der Waals surface area contributed by atoms with E-state index in [0.29, 0.717) is 6.42 Å². The van der Waals surface area contributed by atoms with Gasteiger partial charge in [0.2, 0.25) is 5.91 Å². The lowest BCUT2D eigenvalue weighted by Gasteiger charge is -2.20. The highest BCUT2D eigenvalue weighted by Gasteiger charge is 2.18. The number of amides is 1. The molecule has 3 N–H and O–H groups in total. The van der Waals surface area contributed by atoms with Crippen LogP contribution in [0.2, 0.25) is 0 Å². The number of allylic oxidation sites excluding steroid dienone is 3. The second-order valence-corrected chi connectivity index (χ2v) is 20.8. The van der Waals surface area contributed by atoms with Gasteiger partial charge in [-0.1, -0.05) is 314 Å². The Bertz CT molecular complexity index is 947. The maximum atomic E-state index is 12.5. The third-order valence-electron chi connectivity index (χ3n) is 14.2. The highest BCUT2D eigenvalue weighted by molar-refractivity contribution is 5.76. The summed E-state index contributed by atoms with van der Waals surface area (Å²) in [6, 6.07) is -0.620. The molecular formula is C61H119NO3. The maximum Gasteiger partial charge on any atom is 0.220 e. The summed E-state index contributed by atoms with van der Waals surface area (Å²) in [5.41, 5.74) is 0. The van der Waals surface area contributed by atoms with Crippen LogP contribution in [0.4, 0.5) is 0 Å². The van der Waals surface area contributed by atoms with Gasteiger partial charge in [0.25, 0.3) is 0 Å². The Morgan fingerprint density at radius 2 is 0.585 bits per heavy atom. The molecule has 0 aromatic heterocycles. The minimum atomic E-state index is -0.837. The zero-order valence-electron chi connectivity index (χ0n) is 44.5. The van der Waals surface area contributed by atoms with Gasteiger partial charge in [-0.05, 0) is 44.9 Å². The van der Waals surface area contributed by atoms with E-state index in [4.69, 9.17) is 0 Å². The van der Waals surface area contributed by atoms with Crippen molar-refractivity contribution in [1.82, 2.24) is 5.32 Å². The molecule has 386 valence electrons. The minimum Gasteiger partial charge on any atom is -0.394 e. The van der Waals surface area contributed by atoms with Crippen LogP contribution in [0.5, 0.6) is 0 Å². The number of hydrogen-bond donors (Lipinski definition) is 3. The molecule has 0 bridgehead atoms. The number of aliphatic hydroxyl groups is 2. The van der Waals surface area contributed by atoms with E-state index in [1.807, 2.05) is 6.08 Å². The van der Waals surface area contributed by atoms with Gasteiger partial charge >= 0.3 is 0 Å². The highest BCUT2D eigenvalue weighted by Crippen LogP contribution is 2.18. The average Bonchev–Trinajstić information content (AvgIpc) is 3.31. The molecule has 0 aliphatic heterocycles. The van der Waals surface area contributed by atoms with Gasteiger partial charge < -0.3 is 15.5 Å². The molecule has 0 saturated carbocycles. The van der Waals surface area contributed by atoms with Gasteiger partial charge in [-0.15, -0.1) is 0 Å². The summed E-state index contributed by atoms with van der Waals surface area (Å²) >= 11 is 0. The highest BCUT2D eigenvalue weighted by atomic mass is 16.3. The molecule has 0 spiro atoms. The van der Waals surface area contributed by atoms with Gasteiger partial charge in [-0.3, -0.25) is 4.79 Å². The van der Waals surface area contributed by atoms with Crippen LogP contribution >= 0.6 is 0 Å². The monoisotopic (exact) mass is 914 g/mol. The molecule has 0 aromatic carbocycles. The van der Waals surface area contributed by atoms with E-state index in [1.165, 1.54) is 295 Å². The second-order valence-electron chi connectivity index (χ2n) is 20.8. The van der Waals surface area contributed by atoms with Crippen LogP contribution in [0, 0.1) is 0 Å². The zero-order valence-corrected chi connectivity index (χ0v) is 44.5. The van der Waals surface area contributed by atoms with Crippen LogP contribution in [0.25, 0.3) is 0 Å². The fourth-order valence-electron chi connectivity index (χ4n) is 9.59. The Morgan fingerprint density at radius 1 is 0.354 bits per heavy atom. The Labute approximate surface area is 409 Å². The molecule has 0 aromatic rings. The summed E-state index contributed by atoms with van der Waals surface area (Å²) < 4.78 is 0. The molecule has 4 nitrogen and oxygen atoms in total. The Balaban J connectivity index is 3.43. The molecule has 0 saturated heterocycles. The van der Waals surface area contributed by atoms with E-state index < -0.39 is 12.1 Å². The normalized spacial score (nSPS) is 12.9. The quantitative estimate of drug-likeness (QED) is 0.0421. The molecule has 4 heteroatoms. The fraction of sp³-hybridized carbons (Fsp3) is 0.918. The van der Waals surface area contributed by atoms with Crippen molar-refractivity contribution in [2.45, 2.75) is 353 Å². The topological polar surface area (TPSA) is 69.6 Å². The maximum absolute atomic E-state index is 12.5. The lowest BCUT2D eigenvalue weighted by atomic mass is 10.0.